The molecule has 0 radical (unpaired) electrons. The topological polar surface area (TPSA) is 45.2 Å². The summed E-state index contributed by atoms with van der Waals surface area (Å²) in [6.45, 7) is 5.74. The highest BCUT2D eigenvalue weighted by molar-refractivity contribution is 5.92. The summed E-state index contributed by atoms with van der Waals surface area (Å²) in [7, 11) is 1.83. The van der Waals surface area contributed by atoms with Crippen LogP contribution in [0.3, 0.4) is 0 Å². The molecule has 0 aliphatic rings. The SMILES string of the molecule is CCCN(CCC)C(=O)c1ccc(NC)cn1. The Labute approximate surface area is 103 Å². The van der Waals surface area contributed by atoms with Crippen LogP contribution >= 0.6 is 0 Å². The second kappa shape index (κ2) is 6.89. The van der Waals surface area contributed by atoms with Crippen molar-refractivity contribution in [3.63, 3.8) is 0 Å². The number of nitrogens with zero attached hydrogens (tertiary/aromatic N) is 2. The summed E-state index contributed by atoms with van der Waals surface area (Å²) < 4.78 is 0. The highest BCUT2D eigenvalue weighted by Crippen LogP contribution is 2.08. The molecule has 0 bridgehead atoms. The Hall–Kier alpha value is -1.58. The summed E-state index contributed by atoms with van der Waals surface area (Å²) in [4.78, 5) is 18.2. The van der Waals surface area contributed by atoms with Crippen LogP contribution in [0.25, 0.3) is 0 Å². The van der Waals surface area contributed by atoms with Gasteiger partial charge >= 0.3 is 0 Å². The lowest BCUT2D eigenvalue weighted by atomic mass is 10.2. The number of rotatable bonds is 6. The highest BCUT2D eigenvalue weighted by atomic mass is 16.2. The molecule has 1 aromatic heterocycles. The predicted octanol–water partition coefficient (Wildman–Crippen LogP) is 2.39. The van der Waals surface area contributed by atoms with Crippen molar-refractivity contribution in [3.8, 4) is 0 Å². The number of carbonyl (C=O) groups excluding carboxylic acids is 1. The molecule has 1 amide bonds. The standard InChI is InChI=1S/C13H21N3O/c1-4-8-16(9-5-2)13(17)12-7-6-11(14-3)10-15-12/h6-7,10,14H,4-5,8-9H2,1-3H3. The minimum atomic E-state index is 0.0244. The second-order valence-corrected chi connectivity index (χ2v) is 3.97. The molecule has 0 fully saturated rings. The molecule has 0 aliphatic carbocycles. The summed E-state index contributed by atoms with van der Waals surface area (Å²) in [6, 6.07) is 3.64. The molecule has 0 atom stereocenters. The average Bonchev–Trinajstić information content (AvgIpc) is 2.38. The minimum Gasteiger partial charge on any atom is -0.387 e. The van der Waals surface area contributed by atoms with Gasteiger partial charge in [-0.3, -0.25) is 4.79 Å². The van der Waals surface area contributed by atoms with E-state index in [0.29, 0.717) is 5.69 Å². The summed E-state index contributed by atoms with van der Waals surface area (Å²) >= 11 is 0. The van der Waals surface area contributed by atoms with Crippen LogP contribution in [-0.2, 0) is 0 Å². The Balaban J connectivity index is 2.77. The maximum Gasteiger partial charge on any atom is 0.272 e. The van der Waals surface area contributed by atoms with E-state index in [0.717, 1.165) is 31.6 Å². The van der Waals surface area contributed by atoms with Crippen LogP contribution in [0, 0.1) is 0 Å². The maximum absolute atomic E-state index is 12.2. The molecule has 1 heterocycles. The van der Waals surface area contributed by atoms with Gasteiger partial charge in [0.15, 0.2) is 0 Å². The molecule has 94 valence electrons. The number of nitrogens with one attached hydrogen (secondary N) is 1. The fourth-order valence-electron chi connectivity index (χ4n) is 1.68. The van der Waals surface area contributed by atoms with Gasteiger partial charge in [-0.2, -0.15) is 0 Å². The quantitative estimate of drug-likeness (QED) is 0.823. The monoisotopic (exact) mass is 235 g/mol. The van der Waals surface area contributed by atoms with E-state index in [1.54, 1.807) is 12.3 Å². The normalized spacial score (nSPS) is 10.1. The van der Waals surface area contributed by atoms with E-state index in [1.165, 1.54) is 0 Å². The Bertz CT molecular complexity index is 342. The summed E-state index contributed by atoms with van der Waals surface area (Å²) in [5.41, 5.74) is 1.44. The molecule has 4 heteroatoms. The van der Waals surface area contributed by atoms with E-state index >= 15 is 0 Å². The van der Waals surface area contributed by atoms with E-state index in [9.17, 15) is 4.79 Å². The van der Waals surface area contributed by atoms with Gasteiger partial charge in [-0.05, 0) is 25.0 Å². The van der Waals surface area contributed by atoms with Gasteiger partial charge in [0.1, 0.15) is 5.69 Å². The van der Waals surface area contributed by atoms with Crippen molar-refractivity contribution < 1.29 is 4.79 Å². The van der Waals surface area contributed by atoms with E-state index in [4.69, 9.17) is 0 Å². The van der Waals surface area contributed by atoms with Gasteiger partial charge in [-0.15, -0.1) is 0 Å². The zero-order valence-corrected chi connectivity index (χ0v) is 10.9. The lowest BCUT2D eigenvalue weighted by Gasteiger charge is -2.20. The maximum atomic E-state index is 12.2. The highest BCUT2D eigenvalue weighted by Gasteiger charge is 2.14. The zero-order chi connectivity index (χ0) is 12.7. The third-order valence-corrected chi connectivity index (χ3v) is 2.55. The summed E-state index contributed by atoms with van der Waals surface area (Å²) in [5, 5.41) is 2.99. The lowest BCUT2D eigenvalue weighted by Crippen LogP contribution is -2.33. The van der Waals surface area contributed by atoms with Crippen LogP contribution < -0.4 is 5.32 Å². The van der Waals surface area contributed by atoms with E-state index in [1.807, 2.05) is 18.0 Å². The van der Waals surface area contributed by atoms with Gasteiger partial charge in [0.05, 0.1) is 11.9 Å². The van der Waals surface area contributed by atoms with Crippen molar-refractivity contribution in [2.45, 2.75) is 26.7 Å². The minimum absolute atomic E-state index is 0.0244. The van der Waals surface area contributed by atoms with Crippen LogP contribution in [0.1, 0.15) is 37.2 Å². The van der Waals surface area contributed by atoms with Crippen molar-refractivity contribution in [2.24, 2.45) is 0 Å². The number of carbonyl (C=O) groups is 1. The first kappa shape index (κ1) is 13.5. The Morgan fingerprint density at radius 1 is 1.29 bits per heavy atom. The number of amides is 1. The predicted molar refractivity (Wildman–Crippen MR) is 70.3 cm³/mol. The van der Waals surface area contributed by atoms with Crippen molar-refractivity contribution in [1.29, 1.82) is 0 Å². The summed E-state index contributed by atoms with van der Waals surface area (Å²) in [6.07, 6.45) is 3.63. The summed E-state index contributed by atoms with van der Waals surface area (Å²) in [5.74, 6) is 0.0244. The molecule has 4 nitrogen and oxygen atoms in total. The molecule has 1 rings (SSSR count). The van der Waals surface area contributed by atoms with Gasteiger partial charge in [0, 0.05) is 20.1 Å². The molecule has 0 aromatic carbocycles. The van der Waals surface area contributed by atoms with Crippen LogP contribution in [-0.4, -0.2) is 35.9 Å². The van der Waals surface area contributed by atoms with Crippen LogP contribution in [0.4, 0.5) is 5.69 Å². The van der Waals surface area contributed by atoms with Gasteiger partial charge in [-0.1, -0.05) is 13.8 Å². The van der Waals surface area contributed by atoms with E-state index in [2.05, 4.69) is 24.1 Å². The van der Waals surface area contributed by atoms with Crippen molar-refractivity contribution in [2.75, 3.05) is 25.5 Å². The Morgan fingerprint density at radius 3 is 2.35 bits per heavy atom. The third kappa shape index (κ3) is 3.73. The van der Waals surface area contributed by atoms with Crippen LogP contribution in [0.15, 0.2) is 18.3 Å². The van der Waals surface area contributed by atoms with E-state index in [-0.39, 0.29) is 5.91 Å². The molecule has 1 aromatic rings. The molecule has 0 saturated carbocycles. The first-order valence-corrected chi connectivity index (χ1v) is 6.16. The average molecular weight is 235 g/mol. The number of pyridine rings is 1. The number of hydrogen-bond acceptors (Lipinski definition) is 3. The molecule has 0 aliphatic heterocycles. The molecule has 0 spiro atoms. The fraction of sp³-hybridized carbons (Fsp3) is 0.538. The Kier molecular flexibility index (Phi) is 5.46. The van der Waals surface area contributed by atoms with Gasteiger partial charge in [0.2, 0.25) is 0 Å². The number of aromatic nitrogens is 1. The van der Waals surface area contributed by atoms with Crippen molar-refractivity contribution >= 4 is 11.6 Å². The lowest BCUT2D eigenvalue weighted by molar-refractivity contribution is 0.0750. The van der Waals surface area contributed by atoms with Crippen molar-refractivity contribution in [1.82, 2.24) is 9.88 Å². The number of anilines is 1. The largest absolute Gasteiger partial charge is 0.387 e. The van der Waals surface area contributed by atoms with Gasteiger partial charge in [-0.25, -0.2) is 4.98 Å². The fourth-order valence-corrected chi connectivity index (χ4v) is 1.68. The molecular weight excluding hydrogens is 214 g/mol. The molecule has 0 saturated heterocycles. The van der Waals surface area contributed by atoms with E-state index < -0.39 is 0 Å². The molecule has 0 unspecified atom stereocenters. The zero-order valence-electron chi connectivity index (χ0n) is 10.9. The number of hydrogen-bond donors (Lipinski definition) is 1. The smallest absolute Gasteiger partial charge is 0.272 e. The Morgan fingerprint density at radius 2 is 1.94 bits per heavy atom. The molecule has 1 N–H and O–H groups in total. The van der Waals surface area contributed by atoms with Gasteiger partial charge in [0.25, 0.3) is 5.91 Å². The second-order valence-electron chi connectivity index (χ2n) is 3.97. The van der Waals surface area contributed by atoms with Crippen LogP contribution in [0.5, 0.6) is 0 Å². The van der Waals surface area contributed by atoms with Crippen LogP contribution in [0.2, 0.25) is 0 Å². The van der Waals surface area contributed by atoms with Gasteiger partial charge < -0.3 is 10.2 Å². The molecular formula is C13H21N3O. The third-order valence-electron chi connectivity index (χ3n) is 2.55. The molecule has 17 heavy (non-hydrogen) atoms. The van der Waals surface area contributed by atoms with Crippen molar-refractivity contribution in [3.05, 3.63) is 24.0 Å². The first-order chi connectivity index (χ1) is 8.22. The first-order valence-electron chi connectivity index (χ1n) is 6.16.